The first-order chi connectivity index (χ1) is 8.59. The monoisotopic (exact) mass is 262 g/mol. The Morgan fingerprint density at radius 1 is 1.56 bits per heavy atom. The number of hydrogen-bond donors (Lipinski definition) is 2. The fourth-order valence-corrected chi connectivity index (χ4v) is 2.31. The van der Waals surface area contributed by atoms with Crippen LogP contribution >= 0.6 is 11.3 Å². The summed E-state index contributed by atoms with van der Waals surface area (Å²) in [5, 5.41) is 16.7. The van der Waals surface area contributed by atoms with E-state index in [4.69, 9.17) is 0 Å². The first kappa shape index (κ1) is 12.7. The highest BCUT2D eigenvalue weighted by atomic mass is 32.1. The van der Waals surface area contributed by atoms with E-state index in [1.807, 2.05) is 16.8 Å². The molecule has 0 radical (unpaired) electrons. The average Bonchev–Trinajstić information content (AvgIpc) is 2.92. The number of aliphatic hydroxyl groups is 1. The molecule has 2 aromatic rings. The van der Waals surface area contributed by atoms with E-state index < -0.39 is 5.60 Å². The van der Waals surface area contributed by atoms with Gasteiger partial charge in [-0.1, -0.05) is 0 Å². The highest BCUT2D eigenvalue weighted by Crippen LogP contribution is 2.22. The SMILES string of the molecule is CC(O)(CNC(=O)c1cccnc1)c1ccsc1. The molecular formula is C13H14N2O2S. The van der Waals surface area contributed by atoms with E-state index in [0.717, 1.165) is 5.56 Å². The second kappa shape index (κ2) is 5.29. The molecule has 0 aliphatic heterocycles. The molecule has 1 atom stereocenters. The van der Waals surface area contributed by atoms with E-state index in [-0.39, 0.29) is 12.5 Å². The molecule has 1 amide bonds. The summed E-state index contributed by atoms with van der Waals surface area (Å²) in [5.41, 5.74) is 0.232. The van der Waals surface area contributed by atoms with Crippen LogP contribution in [0.2, 0.25) is 0 Å². The fraction of sp³-hybridized carbons (Fsp3) is 0.231. The van der Waals surface area contributed by atoms with Gasteiger partial charge >= 0.3 is 0 Å². The lowest BCUT2D eigenvalue weighted by molar-refractivity contribution is 0.0530. The largest absolute Gasteiger partial charge is 0.384 e. The van der Waals surface area contributed by atoms with E-state index in [9.17, 15) is 9.90 Å². The lowest BCUT2D eigenvalue weighted by Gasteiger charge is -2.22. The summed E-state index contributed by atoms with van der Waals surface area (Å²) in [6, 6.07) is 5.23. The van der Waals surface area contributed by atoms with Crippen molar-refractivity contribution in [2.45, 2.75) is 12.5 Å². The fourth-order valence-electron chi connectivity index (χ4n) is 1.52. The number of pyridine rings is 1. The maximum absolute atomic E-state index is 11.8. The van der Waals surface area contributed by atoms with Crippen LogP contribution in [-0.2, 0) is 5.60 Å². The number of thiophene rings is 1. The Bertz CT molecular complexity index is 509. The van der Waals surface area contributed by atoms with Crippen LogP contribution in [0.4, 0.5) is 0 Å². The number of hydrogen-bond acceptors (Lipinski definition) is 4. The lowest BCUT2D eigenvalue weighted by atomic mass is 9.99. The zero-order chi connectivity index (χ0) is 13.0. The zero-order valence-corrected chi connectivity index (χ0v) is 10.8. The molecule has 2 aromatic heterocycles. The maximum atomic E-state index is 11.8. The average molecular weight is 262 g/mol. The van der Waals surface area contributed by atoms with Crippen LogP contribution in [-0.4, -0.2) is 22.5 Å². The maximum Gasteiger partial charge on any atom is 0.252 e. The molecule has 0 spiro atoms. The van der Waals surface area contributed by atoms with Crippen molar-refractivity contribution in [3.8, 4) is 0 Å². The van der Waals surface area contributed by atoms with Gasteiger partial charge in [0.25, 0.3) is 5.91 Å². The summed E-state index contributed by atoms with van der Waals surface area (Å²) in [6.45, 7) is 1.84. The standard InChI is InChI=1S/C13H14N2O2S/c1-13(17,11-4-6-18-8-11)9-15-12(16)10-3-2-5-14-7-10/h2-8,17H,9H2,1H3,(H,15,16). The van der Waals surface area contributed by atoms with Crippen LogP contribution in [0.15, 0.2) is 41.4 Å². The molecule has 4 nitrogen and oxygen atoms in total. The number of carbonyl (C=O) groups excluding carboxylic acids is 1. The second-order valence-corrected chi connectivity index (χ2v) is 4.99. The minimum atomic E-state index is -1.06. The van der Waals surface area contributed by atoms with Gasteiger partial charge in [0.15, 0.2) is 0 Å². The Labute approximate surface area is 109 Å². The Balaban J connectivity index is 1.98. The molecule has 0 fully saturated rings. The van der Waals surface area contributed by atoms with Gasteiger partial charge in [0, 0.05) is 12.4 Å². The quantitative estimate of drug-likeness (QED) is 0.883. The van der Waals surface area contributed by atoms with Gasteiger partial charge < -0.3 is 10.4 Å². The molecule has 94 valence electrons. The van der Waals surface area contributed by atoms with E-state index in [0.29, 0.717) is 5.56 Å². The van der Waals surface area contributed by atoms with Crippen molar-refractivity contribution in [2.75, 3.05) is 6.54 Å². The number of aromatic nitrogens is 1. The van der Waals surface area contributed by atoms with Crippen molar-refractivity contribution >= 4 is 17.2 Å². The summed E-state index contributed by atoms with van der Waals surface area (Å²) in [6.07, 6.45) is 3.10. The van der Waals surface area contributed by atoms with Gasteiger partial charge in [0.05, 0.1) is 12.1 Å². The first-order valence-corrected chi connectivity index (χ1v) is 6.47. The Morgan fingerprint density at radius 2 is 2.39 bits per heavy atom. The predicted octanol–water partition coefficient (Wildman–Crippen LogP) is 1.78. The molecule has 1 unspecified atom stereocenters. The van der Waals surface area contributed by atoms with Gasteiger partial charge in [0.1, 0.15) is 5.60 Å². The Morgan fingerprint density at radius 3 is 3.00 bits per heavy atom. The van der Waals surface area contributed by atoms with E-state index in [1.54, 1.807) is 25.3 Å². The molecule has 0 aromatic carbocycles. The molecule has 0 bridgehead atoms. The summed E-state index contributed by atoms with van der Waals surface area (Å²) in [5.74, 6) is -0.237. The molecule has 2 rings (SSSR count). The lowest BCUT2D eigenvalue weighted by Crippen LogP contribution is -2.38. The third kappa shape index (κ3) is 2.94. The zero-order valence-electron chi connectivity index (χ0n) is 9.96. The smallest absolute Gasteiger partial charge is 0.252 e. The number of carbonyl (C=O) groups is 1. The molecule has 0 saturated heterocycles. The van der Waals surface area contributed by atoms with Crippen molar-refractivity contribution in [1.82, 2.24) is 10.3 Å². The van der Waals surface area contributed by atoms with Crippen LogP contribution in [0.5, 0.6) is 0 Å². The summed E-state index contributed by atoms with van der Waals surface area (Å²) >= 11 is 1.51. The predicted molar refractivity (Wildman–Crippen MR) is 70.5 cm³/mol. The highest BCUT2D eigenvalue weighted by molar-refractivity contribution is 7.08. The summed E-state index contributed by atoms with van der Waals surface area (Å²) in [4.78, 5) is 15.7. The van der Waals surface area contributed by atoms with Crippen LogP contribution < -0.4 is 5.32 Å². The van der Waals surface area contributed by atoms with Crippen LogP contribution in [0.25, 0.3) is 0 Å². The third-order valence-electron chi connectivity index (χ3n) is 2.66. The van der Waals surface area contributed by atoms with Gasteiger partial charge in [-0.2, -0.15) is 11.3 Å². The van der Waals surface area contributed by atoms with Gasteiger partial charge in [0.2, 0.25) is 0 Å². The van der Waals surface area contributed by atoms with Gasteiger partial charge in [-0.25, -0.2) is 0 Å². The molecule has 2 N–H and O–H groups in total. The van der Waals surface area contributed by atoms with Crippen molar-refractivity contribution in [1.29, 1.82) is 0 Å². The van der Waals surface area contributed by atoms with E-state index in [2.05, 4.69) is 10.3 Å². The Hall–Kier alpha value is -1.72. The topological polar surface area (TPSA) is 62.2 Å². The third-order valence-corrected chi connectivity index (χ3v) is 3.34. The van der Waals surface area contributed by atoms with Crippen LogP contribution in [0.1, 0.15) is 22.8 Å². The van der Waals surface area contributed by atoms with Crippen molar-refractivity contribution < 1.29 is 9.90 Å². The van der Waals surface area contributed by atoms with Crippen molar-refractivity contribution in [3.63, 3.8) is 0 Å². The number of nitrogens with zero attached hydrogens (tertiary/aromatic N) is 1. The molecule has 0 saturated carbocycles. The molecular weight excluding hydrogens is 248 g/mol. The minimum Gasteiger partial charge on any atom is -0.384 e. The molecule has 0 aliphatic rings. The van der Waals surface area contributed by atoms with Crippen LogP contribution in [0.3, 0.4) is 0 Å². The summed E-state index contributed by atoms with van der Waals surface area (Å²) in [7, 11) is 0. The molecule has 5 heteroatoms. The van der Waals surface area contributed by atoms with Crippen LogP contribution in [0, 0.1) is 0 Å². The second-order valence-electron chi connectivity index (χ2n) is 4.21. The van der Waals surface area contributed by atoms with Crippen molar-refractivity contribution in [2.24, 2.45) is 0 Å². The van der Waals surface area contributed by atoms with Gasteiger partial charge in [-0.05, 0) is 41.4 Å². The number of rotatable bonds is 4. The van der Waals surface area contributed by atoms with Gasteiger partial charge in [-0.15, -0.1) is 0 Å². The van der Waals surface area contributed by atoms with Crippen molar-refractivity contribution in [3.05, 3.63) is 52.5 Å². The molecule has 18 heavy (non-hydrogen) atoms. The molecule has 2 heterocycles. The van der Waals surface area contributed by atoms with E-state index >= 15 is 0 Å². The first-order valence-electron chi connectivity index (χ1n) is 5.53. The van der Waals surface area contributed by atoms with Gasteiger partial charge in [-0.3, -0.25) is 9.78 Å². The normalized spacial score (nSPS) is 13.9. The number of nitrogens with one attached hydrogen (secondary N) is 1. The highest BCUT2D eigenvalue weighted by Gasteiger charge is 2.24. The van der Waals surface area contributed by atoms with E-state index in [1.165, 1.54) is 17.5 Å². The minimum absolute atomic E-state index is 0.164. The summed E-state index contributed by atoms with van der Waals surface area (Å²) < 4.78 is 0. The number of amides is 1. The Kier molecular flexibility index (Phi) is 3.74. The molecule has 0 aliphatic carbocycles.